The van der Waals surface area contributed by atoms with Crippen molar-refractivity contribution < 1.29 is 9.53 Å². The van der Waals surface area contributed by atoms with Gasteiger partial charge in [0.25, 0.3) is 0 Å². The van der Waals surface area contributed by atoms with Gasteiger partial charge < -0.3 is 10.5 Å². The molecule has 2 N–H and O–H groups in total. The number of hydrogen-bond acceptors (Lipinski definition) is 6. The van der Waals surface area contributed by atoms with E-state index in [2.05, 4.69) is 9.97 Å². The molecule has 0 saturated carbocycles. The predicted molar refractivity (Wildman–Crippen MR) is 73.0 cm³/mol. The summed E-state index contributed by atoms with van der Waals surface area (Å²) in [6.45, 7) is 2.07. The molecule has 0 aliphatic rings. The molecule has 0 unspecified atom stereocenters. The van der Waals surface area contributed by atoms with E-state index in [4.69, 9.17) is 10.5 Å². The first-order valence-electron chi connectivity index (χ1n) is 5.71. The SMILES string of the molecule is CCOC(=O)c1cc(N)cnc1Sc1ccncc1. The highest BCUT2D eigenvalue weighted by molar-refractivity contribution is 7.99. The second-order valence-electron chi connectivity index (χ2n) is 3.63. The Morgan fingerprint density at radius 3 is 2.84 bits per heavy atom. The summed E-state index contributed by atoms with van der Waals surface area (Å²) in [6.07, 6.45) is 4.89. The van der Waals surface area contributed by atoms with Gasteiger partial charge in [-0.3, -0.25) is 4.98 Å². The van der Waals surface area contributed by atoms with Gasteiger partial charge in [0.05, 0.1) is 24.1 Å². The maximum absolute atomic E-state index is 11.9. The average Bonchev–Trinajstić information content (AvgIpc) is 2.42. The van der Waals surface area contributed by atoms with Crippen molar-refractivity contribution in [2.45, 2.75) is 16.8 Å². The van der Waals surface area contributed by atoms with Crippen LogP contribution < -0.4 is 5.73 Å². The highest BCUT2D eigenvalue weighted by atomic mass is 32.2. The third kappa shape index (κ3) is 3.45. The quantitative estimate of drug-likeness (QED) is 0.863. The fraction of sp³-hybridized carbons (Fsp3) is 0.154. The monoisotopic (exact) mass is 275 g/mol. The zero-order valence-electron chi connectivity index (χ0n) is 10.4. The molecule has 0 aliphatic carbocycles. The summed E-state index contributed by atoms with van der Waals surface area (Å²) >= 11 is 1.37. The van der Waals surface area contributed by atoms with Crippen LogP contribution >= 0.6 is 11.8 Å². The van der Waals surface area contributed by atoms with Crippen molar-refractivity contribution in [1.29, 1.82) is 0 Å². The lowest BCUT2D eigenvalue weighted by Gasteiger charge is -2.08. The van der Waals surface area contributed by atoms with E-state index >= 15 is 0 Å². The van der Waals surface area contributed by atoms with Gasteiger partial charge in [0.1, 0.15) is 5.03 Å². The van der Waals surface area contributed by atoms with Gasteiger partial charge in [0.2, 0.25) is 0 Å². The average molecular weight is 275 g/mol. The molecule has 0 aromatic carbocycles. The zero-order valence-corrected chi connectivity index (χ0v) is 11.2. The number of carbonyl (C=O) groups is 1. The number of nitrogens with zero attached hydrogens (tertiary/aromatic N) is 2. The van der Waals surface area contributed by atoms with Crippen molar-refractivity contribution in [1.82, 2.24) is 9.97 Å². The number of nitrogen functional groups attached to an aromatic ring is 1. The molecule has 2 aromatic rings. The fourth-order valence-electron chi connectivity index (χ4n) is 1.42. The third-order valence-electron chi connectivity index (χ3n) is 2.23. The Bertz CT molecular complexity index is 575. The Morgan fingerprint density at radius 1 is 1.42 bits per heavy atom. The number of anilines is 1. The van der Waals surface area contributed by atoms with Crippen LogP contribution in [0.4, 0.5) is 5.69 Å². The normalized spacial score (nSPS) is 10.2. The summed E-state index contributed by atoms with van der Waals surface area (Å²) in [4.78, 5) is 20.9. The molecular formula is C13H13N3O2S. The van der Waals surface area contributed by atoms with E-state index in [0.29, 0.717) is 22.9 Å². The number of pyridine rings is 2. The Labute approximate surface area is 115 Å². The van der Waals surface area contributed by atoms with Crippen molar-refractivity contribution in [2.24, 2.45) is 0 Å². The number of carbonyl (C=O) groups excluding carboxylic acids is 1. The van der Waals surface area contributed by atoms with Crippen molar-refractivity contribution in [3.8, 4) is 0 Å². The van der Waals surface area contributed by atoms with Crippen LogP contribution in [0.3, 0.4) is 0 Å². The molecule has 0 saturated heterocycles. The van der Waals surface area contributed by atoms with Crippen LogP contribution in [0.1, 0.15) is 17.3 Å². The predicted octanol–water partition coefficient (Wildman–Crippen LogP) is 2.39. The molecule has 0 atom stereocenters. The van der Waals surface area contributed by atoms with Crippen LogP contribution in [0.5, 0.6) is 0 Å². The van der Waals surface area contributed by atoms with E-state index in [1.54, 1.807) is 25.4 Å². The molecular weight excluding hydrogens is 262 g/mol. The molecule has 19 heavy (non-hydrogen) atoms. The minimum atomic E-state index is -0.418. The van der Waals surface area contributed by atoms with E-state index in [1.165, 1.54) is 18.0 Å². The Balaban J connectivity index is 2.32. The van der Waals surface area contributed by atoms with Crippen LogP contribution in [-0.4, -0.2) is 22.5 Å². The molecule has 0 radical (unpaired) electrons. The summed E-state index contributed by atoms with van der Waals surface area (Å²) in [5, 5.41) is 0.568. The highest BCUT2D eigenvalue weighted by Gasteiger charge is 2.15. The molecule has 0 spiro atoms. The molecule has 98 valence electrons. The molecule has 0 bridgehead atoms. The largest absolute Gasteiger partial charge is 0.462 e. The molecule has 5 nitrogen and oxygen atoms in total. The number of hydrogen-bond donors (Lipinski definition) is 1. The maximum atomic E-state index is 11.9. The molecule has 0 fully saturated rings. The Hall–Kier alpha value is -2.08. The smallest absolute Gasteiger partial charge is 0.340 e. The summed E-state index contributed by atoms with van der Waals surface area (Å²) in [5.41, 5.74) is 6.48. The van der Waals surface area contributed by atoms with Crippen molar-refractivity contribution >= 4 is 23.4 Å². The van der Waals surface area contributed by atoms with E-state index in [1.807, 2.05) is 12.1 Å². The number of esters is 1. The summed E-state index contributed by atoms with van der Waals surface area (Å²) in [6, 6.07) is 5.27. The maximum Gasteiger partial charge on any atom is 0.340 e. The first kappa shape index (κ1) is 13.4. The van der Waals surface area contributed by atoms with E-state index in [9.17, 15) is 4.79 Å². The molecule has 2 rings (SSSR count). The number of ether oxygens (including phenoxy) is 1. The third-order valence-corrected chi connectivity index (χ3v) is 3.26. The van der Waals surface area contributed by atoms with Gasteiger partial charge in [-0.05, 0) is 25.1 Å². The van der Waals surface area contributed by atoms with Crippen LogP contribution in [0.15, 0.2) is 46.7 Å². The topological polar surface area (TPSA) is 78.1 Å². The molecule has 0 aliphatic heterocycles. The van der Waals surface area contributed by atoms with Crippen LogP contribution in [0.25, 0.3) is 0 Å². The standard InChI is InChI=1S/C13H13N3O2S/c1-2-18-13(17)11-7-9(14)8-16-12(11)19-10-3-5-15-6-4-10/h3-8H,2,14H2,1H3. The molecule has 2 heterocycles. The minimum absolute atomic E-state index is 0.312. The van der Waals surface area contributed by atoms with Gasteiger partial charge in [0.15, 0.2) is 0 Å². The summed E-state index contributed by atoms with van der Waals surface area (Å²) < 4.78 is 5.00. The lowest BCUT2D eigenvalue weighted by Crippen LogP contribution is -2.08. The first-order chi connectivity index (χ1) is 9.20. The second-order valence-corrected chi connectivity index (χ2v) is 4.69. The lowest BCUT2D eigenvalue weighted by atomic mass is 10.3. The van der Waals surface area contributed by atoms with E-state index < -0.39 is 5.97 Å². The van der Waals surface area contributed by atoms with Gasteiger partial charge in [-0.1, -0.05) is 11.8 Å². The highest BCUT2D eigenvalue weighted by Crippen LogP contribution is 2.29. The molecule has 6 heteroatoms. The summed E-state index contributed by atoms with van der Waals surface area (Å²) in [7, 11) is 0. The van der Waals surface area contributed by atoms with Crippen molar-refractivity contribution in [2.75, 3.05) is 12.3 Å². The zero-order chi connectivity index (χ0) is 13.7. The van der Waals surface area contributed by atoms with Gasteiger partial charge in [-0.2, -0.15) is 0 Å². The van der Waals surface area contributed by atoms with Crippen molar-refractivity contribution in [3.05, 3.63) is 42.4 Å². The first-order valence-corrected chi connectivity index (χ1v) is 6.53. The van der Waals surface area contributed by atoms with Crippen LogP contribution in [-0.2, 0) is 4.74 Å². The Morgan fingerprint density at radius 2 is 2.16 bits per heavy atom. The van der Waals surface area contributed by atoms with Crippen LogP contribution in [0, 0.1) is 0 Å². The number of rotatable bonds is 4. The van der Waals surface area contributed by atoms with Gasteiger partial charge in [0, 0.05) is 17.3 Å². The fourth-order valence-corrected chi connectivity index (χ4v) is 2.26. The second kappa shape index (κ2) is 6.19. The molecule has 0 amide bonds. The van der Waals surface area contributed by atoms with Gasteiger partial charge >= 0.3 is 5.97 Å². The molecule has 2 aromatic heterocycles. The van der Waals surface area contributed by atoms with E-state index in [-0.39, 0.29) is 0 Å². The van der Waals surface area contributed by atoms with Crippen molar-refractivity contribution in [3.63, 3.8) is 0 Å². The minimum Gasteiger partial charge on any atom is -0.462 e. The van der Waals surface area contributed by atoms with Crippen LogP contribution in [0.2, 0.25) is 0 Å². The van der Waals surface area contributed by atoms with Gasteiger partial charge in [-0.15, -0.1) is 0 Å². The number of nitrogens with two attached hydrogens (primary N) is 1. The Kier molecular flexibility index (Phi) is 4.35. The number of aromatic nitrogens is 2. The summed E-state index contributed by atoms with van der Waals surface area (Å²) in [5.74, 6) is -0.418. The van der Waals surface area contributed by atoms with E-state index in [0.717, 1.165) is 4.90 Å². The lowest BCUT2D eigenvalue weighted by molar-refractivity contribution is 0.0521. The van der Waals surface area contributed by atoms with Gasteiger partial charge in [-0.25, -0.2) is 9.78 Å².